The van der Waals surface area contributed by atoms with Gasteiger partial charge in [-0.25, -0.2) is 9.78 Å². The molecule has 7 nitrogen and oxygen atoms in total. The predicted molar refractivity (Wildman–Crippen MR) is 131 cm³/mol. The number of pyridine rings is 1. The summed E-state index contributed by atoms with van der Waals surface area (Å²) in [5.41, 5.74) is 5.91. The minimum absolute atomic E-state index is 0.0176. The molecule has 0 unspecified atom stereocenters. The number of halogens is 3. The third-order valence-electron chi connectivity index (χ3n) is 5.25. The lowest BCUT2D eigenvalue weighted by Gasteiger charge is -2.11. The monoisotopic (exact) mass is 515 g/mol. The van der Waals surface area contributed by atoms with E-state index in [-0.39, 0.29) is 33.1 Å². The number of carbonyl (C=O) groups is 2. The summed E-state index contributed by atoms with van der Waals surface area (Å²) in [6.07, 6.45) is -4.73. The van der Waals surface area contributed by atoms with E-state index in [0.717, 1.165) is 17.4 Å². The lowest BCUT2D eigenvalue weighted by atomic mass is 10.1. The number of hydrogen-bond donors (Lipinski definition) is 2. The summed E-state index contributed by atoms with van der Waals surface area (Å²) < 4.78 is 52.0. The summed E-state index contributed by atoms with van der Waals surface area (Å²) in [6, 6.07) is 13.2. The number of thiophene rings is 1. The summed E-state index contributed by atoms with van der Waals surface area (Å²) >= 11 is 0.766. The van der Waals surface area contributed by atoms with Gasteiger partial charge in [0.15, 0.2) is 0 Å². The Morgan fingerprint density at radius 2 is 1.75 bits per heavy atom. The predicted octanol–water partition coefficient (Wildman–Crippen LogP) is 6.00. The van der Waals surface area contributed by atoms with Gasteiger partial charge < -0.3 is 20.5 Å². The number of anilines is 2. The van der Waals surface area contributed by atoms with Gasteiger partial charge in [-0.1, -0.05) is 0 Å². The first-order chi connectivity index (χ1) is 17.1. The van der Waals surface area contributed by atoms with Crippen LogP contribution in [0.1, 0.15) is 32.5 Å². The van der Waals surface area contributed by atoms with Gasteiger partial charge in [-0.15, -0.1) is 11.3 Å². The second kappa shape index (κ2) is 9.86. The minimum atomic E-state index is -4.73. The Balaban J connectivity index is 1.71. The van der Waals surface area contributed by atoms with Crippen molar-refractivity contribution in [3.63, 3.8) is 0 Å². The SMILES string of the molecule is CCOC(=O)c1ccc(NC(=O)c2sc3nc(-c4ccc(OC)cc4)cc(C(F)(F)F)c3c2N)cc1. The van der Waals surface area contributed by atoms with Crippen molar-refractivity contribution in [1.29, 1.82) is 0 Å². The normalized spacial score (nSPS) is 11.4. The zero-order valence-corrected chi connectivity index (χ0v) is 19.9. The topological polar surface area (TPSA) is 104 Å². The number of ether oxygens (including phenoxy) is 2. The van der Waals surface area contributed by atoms with E-state index in [1.807, 2.05) is 0 Å². The molecule has 1 amide bonds. The van der Waals surface area contributed by atoms with Gasteiger partial charge in [-0.05, 0) is 61.5 Å². The first-order valence-corrected chi connectivity index (χ1v) is 11.5. The highest BCUT2D eigenvalue weighted by Crippen LogP contribution is 2.43. The number of nitrogens with one attached hydrogen (secondary N) is 1. The van der Waals surface area contributed by atoms with E-state index in [4.69, 9.17) is 15.2 Å². The average molecular weight is 516 g/mol. The van der Waals surface area contributed by atoms with Crippen molar-refractivity contribution in [1.82, 2.24) is 4.98 Å². The molecule has 3 N–H and O–H groups in total. The molecular formula is C25H20F3N3O4S. The summed E-state index contributed by atoms with van der Waals surface area (Å²) in [7, 11) is 1.48. The van der Waals surface area contributed by atoms with Gasteiger partial charge in [0, 0.05) is 16.6 Å². The quantitative estimate of drug-likeness (QED) is 0.305. The van der Waals surface area contributed by atoms with Crippen LogP contribution in [0.25, 0.3) is 21.5 Å². The number of aromatic nitrogens is 1. The molecule has 11 heteroatoms. The van der Waals surface area contributed by atoms with Crippen molar-refractivity contribution >= 4 is 44.8 Å². The number of nitrogens with two attached hydrogens (primary N) is 1. The van der Waals surface area contributed by atoms with Crippen LogP contribution in [-0.2, 0) is 10.9 Å². The maximum atomic E-state index is 14.0. The number of benzene rings is 2. The van der Waals surface area contributed by atoms with Gasteiger partial charge in [0.2, 0.25) is 0 Å². The van der Waals surface area contributed by atoms with Crippen molar-refractivity contribution in [2.24, 2.45) is 0 Å². The third kappa shape index (κ3) is 4.96. The summed E-state index contributed by atoms with van der Waals surface area (Å²) in [5, 5.41) is 2.27. The Labute approximate surface area is 207 Å². The number of carbonyl (C=O) groups excluding carboxylic acids is 2. The van der Waals surface area contributed by atoms with Crippen LogP contribution in [0.4, 0.5) is 24.5 Å². The highest BCUT2D eigenvalue weighted by Gasteiger charge is 2.36. The zero-order chi connectivity index (χ0) is 26.0. The number of alkyl halides is 3. The molecule has 0 saturated carbocycles. The van der Waals surface area contributed by atoms with Gasteiger partial charge in [0.25, 0.3) is 5.91 Å². The smallest absolute Gasteiger partial charge is 0.417 e. The lowest BCUT2D eigenvalue weighted by Crippen LogP contribution is -2.13. The van der Waals surface area contributed by atoms with Crippen LogP contribution in [0.2, 0.25) is 0 Å². The molecule has 186 valence electrons. The van der Waals surface area contributed by atoms with Gasteiger partial charge >= 0.3 is 12.1 Å². The highest BCUT2D eigenvalue weighted by molar-refractivity contribution is 7.21. The van der Waals surface area contributed by atoms with Crippen molar-refractivity contribution in [2.75, 3.05) is 24.8 Å². The van der Waals surface area contributed by atoms with Crippen molar-refractivity contribution in [2.45, 2.75) is 13.1 Å². The molecule has 0 bridgehead atoms. The van der Waals surface area contributed by atoms with Crippen LogP contribution in [-0.4, -0.2) is 30.6 Å². The van der Waals surface area contributed by atoms with E-state index in [9.17, 15) is 22.8 Å². The van der Waals surface area contributed by atoms with Gasteiger partial charge in [0.05, 0.1) is 36.2 Å². The second-order valence-electron chi connectivity index (χ2n) is 7.56. The van der Waals surface area contributed by atoms with Gasteiger partial charge in [0.1, 0.15) is 15.5 Å². The standard InChI is InChI=1S/C25H20F3N3O4S/c1-3-35-24(33)14-4-8-15(9-5-14)30-22(32)21-20(29)19-17(25(26,27)28)12-18(31-23(19)36-21)13-6-10-16(34-2)11-7-13/h4-12H,3,29H2,1-2H3,(H,30,32). The first kappa shape index (κ1) is 25.0. The van der Waals surface area contributed by atoms with Crippen LogP contribution in [0.3, 0.4) is 0 Å². The van der Waals surface area contributed by atoms with Crippen LogP contribution in [0.15, 0.2) is 54.6 Å². The van der Waals surface area contributed by atoms with Crippen molar-refractivity contribution in [3.05, 3.63) is 70.6 Å². The Hall–Kier alpha value is -4.12. The molecule has 0 saturated heterocycles. The minimum Gasteiger partial charge on any atom is -0.497 e. The molecule has 36 heavy (non-hydrogen) atoms. The van der Waals surface area contributed by atoms with Gasteiger partial charge in [-0.3, -0.25) is 4.79 Å². The van der Waals surface area contributed by atoms with Gasteiger partial charge in [-0.2, -0.15) is 13.2 Å². The van der Waals surface area contributed by atoms with Crippen LogP contribution < -0.4 is 15.8 Å². The molecule has 2 heterocycles. The van der Waals surface area contributed by atoms with E-state index in [0.29, 0.717) is 22.6 Å². The number of hydrogen-bond acceptors (Lipinski definition) is 7. The maximum absolute atomic E-state index is 14.0. The average Bonchev–Trinajstić information content (AvgIpc) is 3.20. The Morgan fingerprint density at radius 1 is 1.08 bits per heavy atom. The number of methoxy groups -OCH3 is 1. The molecule has 4 aromatic rings. The number of nitrogens with zero attached hydrogens (tertiary/aromatic N) is 1. The number of fused-ring (bicyclic) bond motifs is 1. The first-order valence-electron chi connectivity index (χ1n) is 10.7. The van der Waals surface area contributed by atoms with E-state index >= 15 is 0 Å². The molecule has 0 radical (unpaired) electrons. The summed E-state index contributed by atoms with van der Waals surface area (Å²) in [4.78, 5) is 28.9. The van der Waals surface area contributed by atoms with E-state index in [2.05, 4.69) is 10.3 Å². The lowest BCUT2D eigenvalue weighted by molar-refractivity contribution is -0.136. The van der Waals surface area contributed by atoms with Crippen LogP contribution in [0.5, 0.6) is 5.75 Å². The fourth-order valence-corrected chi connectivity index (χ4v) is 4.53. The summed E-state index contributed by atoms with van der Waals surface area (Å²) in [5.74, 6) is -0.661. The molecule has 0 atom stereocenters. The number of amides is 1. The third-order valence-corrected chi connectivity index (χ3v) is 6.35. The second-order valence-corrected chi connectivity index (χ2v) is 8.56. The summed E-state index contributed by atoms with van der Waals surface area (Å²) in [6.45, 7) is 1.90. The number of esters is 1. The van der Waals surface area contributed by atoms with Crippen LogP contribution >= 0.6 is 11.3 Å². The van der Waals surface area contributed by atoms with E-state index < -0.39 is 23.6 Å². The Bertz CT molecular complexity index is 1430. The molecule has 0 aliphatic carbocycles. The molecule has 0 aliphatic rings. The zero-order valence-electron chi connectivity index (χ0n) is 19.1. The maximum Gasteiger partial charge on any atom is 0.417 e. The fourth-order valence-electron chi connectivity index (χ4n) is 3.51. The van der Waals surface area contributed by atoms with Crippen molar-refractivity contribution < 1.29 is 32.2 Å². The van der Waals surface area contributed by atoms with Crippen LogP contribution in [0, 0.1) is 0 Å². The van der Waals surface area contributed by atoms with Crippen molar-refractivity contribution in [3.8, 4) is 17.0 Å². The molecule has 0 aliphatic heterocycles. The fraction of sp³-hybridized carbons (Fsp3) is 0.160. The number of rotatable bonds is 6. The molecule has 0 spiro atoms. The molecular weight excluding hydrogens is 495 g/mol. The molecule has 2 aromatic carbocycles. The van der Waals surface area contributed by atoms with E-state index in [1.165, 1.54) is 31.4 Å². The molecule has 0 fully saturated rings. The van der Waals surface area contributed by atoms with E-state index in [1.54, 1.807) is 31.2 Å². The molecule has 4 rings (SSSR count). The Morgan fingerprint density at radius 3 is 2.33 bits per heavy atom. The largest absolute Gasteiger partial charge is 0.497 e. The highest BCUT2D eigenvalue weighted by atomic mass is 32.1. The number of nitrogen functional groups attached to an aromatic ring is 1. The molecule has 2 aromatic heterocycles. The Kier molecular flexibility index (Phi) is 6.84.